The SMILES string of the molecule is c1ccc(-n2c3ccccc3c3ccc4c5ccccc5n(-c5nc(-c6ccc(-n7c8ccccc8c8ccccc87)cc6)nc(-n6c7ccccc7c7ccc8c9ccccc9n(-c9ccccc9)c8c76)n5)c4c32)cc1. The Hall–Kier alpha value is -10.6. The Balaban J connectivity index is 1.01. The molecule has 0 N–H and O–H groups in total. The Labute approximate surface area is 439 Å². The van der Waals surface area contributed by atoms with Gasteiger partial charge in [-0.2, -0.15) is 15.0 Å². The third-order valence-electron chi connectivity index (χ3n) is 15.9. The number of hydrogen-bond donors (Lipinski definition) is 0. The van der Waals surface area contributed by atoms with Crippen molar-refractivity contribution in [3.8, 4) is 40.3 Å². The lowest BCUT2D eigenvalue weighted by molar-refractivity contribution is 0.893. The van der Waals surface area contributed by atoms with Crippen molar-refractivity contribution in [2.75, 3.05) is 0 Å². The van der Waals surface area contributed by atoms with E-state index >= 15 is 0 Å². The van der Waals surface area contributed by atoms with Gasteiger partial charge in [-0.25, -0.2) is 0 Å². The summed E-state index contributed by atoms with van der Waals surface area (Å²) in [6, 6.07) is 91.3. The van der Waals surface area contributed by atoms with Crippen LogP contribution in [0.4, 0.5) is 0 Å². The van der Waals surface area contributed by atoms with Crippen molar-refractivity contribution in [3.05, 3.63) is 255 Å². The van der Waals surface area contributed by atoms with E-state index in [0.717, 1.165) is 110 Å². The van der Waals surface area contributed by atoms with Gasteiger partial charge in [-0.15, -0.1) is 0 Å². The molecule has 0 aliphatic rings. The van der Waals surface area contributed by atoms with Crippen LogP contribution in [-0.2, 0) is 0 Å². The van der Waals surface area contributed by atoms with Crippen LogP contribution in [0.5, 0.6) is 0 Å². The van der Waals surface area contributed by atoms with Gasteiger partial charge in [0, 0.05) is 76.5 Å². The molecule has 0 bridgehead atoms. The second-order valence-electron chi connectivity index (χ2n) is 20.0. The van der Waals surface area contributed by atoms with Crippen LogP contribution in [0.1, 0.15) is 0 Å². The van der Waals surface area contributed by atoms with Crippen LogP contribution >= 0.6 is 0 Å². The van der Waals surface area contributed by atoms with Crippen LogP contribution < -0.4 is 0 Å². The van der Waals surface area contributed by atoms with Gasteiger partial charge in [0.2, 0.25) is 11.9 Å². The zero-order valence-electron chi connectivity index (χ0n) is 41.3. The fourth-order valence-electron chi connectivity index (χ4n) is 12.8. The fraction of sp³-hybridized carbons (Fsp3) is 0. The lowest BCUT2D eigenvalue weighted by atomic mass is 10.1. The summed E-state index contributed by atoms with van der Waals surface area (Å²) in [7, 11) is 0. The van der Waals surface area contributed by atoms with E-state index in [1.165, 1.54) is 21.5 Å². The summed E-state index contributed by atoms with van der Waals surface area (Å²) in [5.74, 6) is 1.59. The molecular formula is C69H42N8. The van der Waals surface area contributed by atoms with Gasteiger partial charge in [-0.3, -0.25) is 9.13 Å². The van der Waals surface area contributed by atoms with Crippen molar-refractivity contribution < 1.29 is 0 Å². The van der Waals surface area contributed by atoms with Crippen molar-refractivity contribution in [2.24, 2.45) is 0 Å². The first-order chi connectivity index (χ1) is 38.2. The average molecular weight is 983 g/mol. The molecule has 0 spiro atoms. The molecule has 0 saturated heterocycles. The summed E-state index contributed by atoms with van der Waals surface area (Å²) in [5.41, 5.74) is 14.8. The van der Waals surface area contributed by atoms with E-state index < -0.39 is 0 Å². The summed E-state index contributed by atoms with van der Waals surface area (Å²) in [5, 5.41) is 11.5. The van der Waals surface area contributed by atoms with E-state index in [4.69, 9.17) is 15.0 Å². The highest BCUT2D eigenvalue weighted by molar-refractivity contribution is 6.25. The van der Waals surface area contributed by atoms with Gasteiger partial charge >= 0.3 is 0 Å². The normalized spacial score (nSPS) is 12.2. The van der Waals surface area contributed by atoms with E-state index in [1.54, 1.807) is 0 Å². The number of nitrogens with zero attached hydrogens (tertiary/aromatic N) is 8. The summed E-state index contributed by atoms with van der Waals surface area (Å²) in [6.45, 7) is 0. The first-order valence-electron chi connectivity index (χ1n) is 26.1. The standard InChI is InChI=1S/C69H42N8/c1-3-19-44(20-4-1)74-59-31-15-9-25-49(59)53-39-41-55-51-27-11-17-33-61(51)76(65(55)63(53)74)68-70-67(43-35-37-46(38-36-43)73-57-29-13-7-23-47(57)48-24-8-14-30-58(48)73)71-69(72-68)77-62-34-18-12-28-52(62)56-42-40-54-50-26-10-16-32-60(50)75(64(54)66(56)77)45-21-5-2-6-22-45/h1-42H. The van der Waals surface area contributed by atoms with Gasteiger partial charge in [0.15, 0.2) is 5.82 Å². The second kappa shape index (κ2) is 16.0. The van der Waals surface area contributed by atoms with Gasteiger partial charge in [-0.05, 0) is 84.9 Å². The minimum absolute atomic E-state index is 0.516. The van der Waals surface area contributed by atoms with Crippen molar-refractivity contribution in [1.82, 2.24) is 37.8 Å². The summed E-state index contributed by atoms with van der Waals surface area (Å²) in [6.07, 6.45) is 0. The Kier molecular flexibility index (Phi) is 8.68. The molecule has 8 heteroatoms. The van der Waals surface area contributed by atoms with E-state index in [2.05, 4.69) is 278 Å². The first kappa shape index (κ1) is 41.9. The third kappa shape index (κ3) is 5.89. The number of fused-ring (bicyclic) bond motifs is 17. The van der Waals surface area contributed by atoms with E-state index in [0.29, 0.717) is 17.7 Å². The van der Waals surface area contributed by atoms with Gasteiger partial charge in [0.05, 0.1) is 55.2 Å². The number of hydrogen-bond acceptors (Lipinski definition) is 3. The molecule has 17 rings (SSSR count). The molecule has 0 saturated carbocycles. The quantitative estimate of drug-likeness (QED) is 0.167. The average Bonchev–Trinajstić information content (AvgIpc) is 4.47. The molecule has 77 heavy (non-hydrogen) atoms. The number of benzene rings is 11. The third-order valence-corrected chi connectivity index (χ3v) is 15.9. The van der Waals surface area contributed by atoms with Crippen LogP contribution in [0.25, 0.3) is 149 Å². The topological polar surface area (TPSA) is 63.3 Å². The monoisotopic (exact) mass is 982 g/mol. The maximum Gasteiger partial charge on any atom is 0.240 e. The van der Waals surface area contributed by atoms with Crippen LogP contribution in [-0.4, -0.2) is 37.8 Å². The van der Waals surface area contributed by atoms with Crippen LogP contribution in [0.2, 0.25) is 0 Å². The van der Waals surface area contributed by atoms with Crippen molar-refractivity contribution in [3.63, 3.8) is 0 Å². The summed E-state index contributed by atoms with van der Waals surface area (Å²) in [4.78, 5) is 17.1. The second-order valence-corrected chi connectivity index (χ2v) is 20.0. The van der Waals surface area contributed by atoms with Crippen molar-refractivity contribution >= 4 is 109 Å². The summed E-state index contributed by atoms with van der Waals surface area (Å²) >= 11 is 0. The molecule has 0 aliphatic carbocycles. The van der Waals surface area contributed by atoms with Gasteiger partial charge in [0.1, 0.15) is 0 Å². The molecular weight excluding hydrogens is 941 g/mol. The maximum atomic E-state index is 5.78. The molecule has 6 aromatic heterocycles. The largest absolute Gasteiger partial charge is 0.309 e. The minimum Gasteiger partial charge on any atom is -0.309 e. The lowest BCUT2D eigenvalue weighted by Crippen LogP contribution is -2.11. The Morgan fingerprint density at radius 3 is 0.831 bits per heavy atom. The molecule has 358 valence electrons. The molecule has 0 aliphatic heterocycles. The maximum absolute atomic E-state index is 5.78. The van der Waals surface area contributed by atoms with Crippen molar-refractivity contribution in [1.29, 1.82) is 0 Å². The molecule has 11 aromatic carbocycles. The first-order valence-corrected chi connectivity index (χ1v) is 26.1. The van der Waals surface area contributed by atoms with Crippen LogP contribution in [0.3, 0.4) is 0 Å². The molecule has 0 amide bonds. The van der Waals surface area contributed by atoms with Crippen molar-refractivity contribution in [2.45, 2.75) is 0 Å². The number of rotatable bonds is 6. The minimum atomic E-state index is 0.516. The van der Waals surface area contributed by atoms with E-state index in [9.17, 15) is 0 Å². The Morgan fingerprint density at radius 2 is 0.468 bits per heavy atom. The van der Waals surface area contributed by atoms with Crippen LogP contribution in [0, 0.1) is 0 Å². The summed E-state index contributed by atoms with van der Waals surface area (Å²) < 4.78 is 11.7. The molecule has 8 nitrogen and oxygen atoms in total. The van der Waals surface area contributed by atoms with Gasteiger partial charge in [0.25, 0.3) is 0 Å². The lowest BCUT2D eigenvalue weighted by Gasteiger charge is -2.15. The molecule has 0 unspecified atom stereocenters. The Bertz CT molecular complexity index is 4960. The molecule has 0 radical (unpaired) electrons. The predicted molar refractivity (Wildman–Crippen MR) is 317 cm³/mol. The van der Waals surface area contributed by atoms with Crippen LogP contribution in [0.15, 0.2) is 255 Å². The highest BCUT2D eigenvalue weighted by Crippen LogP contribution is 2.44. The molecule has 6 heterocycles. The zero-order valence-corrected chi connectivity index (χ0v) is 41.3. The van der Waals surface area contributed by atoms with E-state index in [1.807, 2.05) is 0 Å². The highest BCUT2D eigenvalue weighted by Gasteiger charge is 2.27. The smallest absolute Gasteiger partial charge is 0.240 e. The van der Waals surface area contributed by atoms with Gasteiger partial charge in [-0.1, -0.05) is 170 Å². The molecule has 0 atom stereocenters. The zero-order chi connectivity index (χ0) is 50.3. The Morgan fingerprint density at radius 1 is 0.195 bits per heavy atom. The fourth-order valence-corrected chi connectivity index (χ4v) is 12.8. The molecule has 17 aromatic rings. The highest BCUT2D eigenvalue weighted by atomic mass is 15.3. The number of para-hydroxylation sites is 8. The predicted octanol–water partition coefficient (Wildman–Crippen LogP) is 17.0. The van der Waals surface area contributed by atoms with Gasteiger partial charge < -0.3 is 13.7 Å². The number of aromatic nitrogens is 8. The molecule has 0 fully saturated rings. The van der Waals surface area contributed by atoms with E-state index in [-0.39, 0.29) is 0 Å².